The molecule has 2 aliphatic rings. The van der Waals surface area contributed by atoms with Gasteiger partial charge in [-0.3, -0.25) is 19.4 Å². The highest BCUT2D eigenvalue weighted by molar-refractivity contribution is 8.03. The molecule has 1 fully saturated rings. The quantitative estimate of drug-likeness (QED) is 0.584. The van der Waals surface area contributed by atoms with Crippen molar-refractivity contribution in [3.05, 3.63) is 64.0 Å². The van der Waals surface area contributed by atoms with Crippen LogP contribution in [0.3, 0.4) is 0 Å². The lowest BCUT2D eigenvalue weighted by atomic mass is 9.99. The highest BCUT2D eigenvalue weighted by atomic mass is 32.2. The summed E-state index contributed by atoms with van der Waals surface area (Å²) in [5.41, 5.74) is 3.49. The summed E-state index contributed by atoms with van der Waals surface area (Å²) in [7, 11) is 0. The highest BCUT2D eigenvalue weighted by Crippen LogP contribution is 2.38. The van der Waals surface area contributed by atoms with Crippen LogP contribution in [-0.4, -0.2) is 61.0 Å². The van der Waals surface area contributed by atoms with E-state index in [9.17, 15) is 9.59 Å². The van der Waals surface area contributed by atoms with Gasteiger partial charge in [0.25, 0.3) is 11.8 Å². The second-order valence-corrected chi connectivity index (χ2v) is 8.95. The zero-order chi connectivity index (χ0) is 21.8. The molecular formula is C24H28N2O4S. The summed E-state index contributed by atoms with van der Waals surface area (Å²) in [6.07, 6.45) is 2.38. The molecule has 31 heavy (non-hydrogen) atoms. The Hall–Kier alpha value is -2.35. The normalized spacial score (nSPS) is 17.8. The molecular weight excluding hydrogens is 412 g/mol. The van der Waals surface area contributed by atoms with Crippen LogP contribution in [0.25, 0.3) is 5.57 Å². The van der Waals surface area contributed by atoms with E-state index in [0.29, 0.717) is 22.8 Å². The van der Waals surface area contributed by atoms with Crippen LogP contribution in [0.15, 0.2) is 45.9 Å². The average Bonchev–Trinajstić information content (AvgIpc) is 3.35. The van der Waals surface area contributed by atoms with Crippen molar-refractivity contribution in [1.29, 1.82) is 0 Å². The van der Waals surface area contributed by atoms with E-state index in [1.807, 2.05) is 38.1 Å². The molecule has 6 nitrogen and oxygen atoms in total. The molecule has 1 saturated heterocycles. The van der Waals surface area contributed by atoms with Crippen LogP contribution in [0.2, 0.25) is 0 Å². The van der Waals surface area contributed by atoms with E-state index in [1.165, 1.54) is 16.7 Å². The van der Waals surface area contributed by atoms with E-state index < -0.39 is 0 Å². The van der Waals surface area contributed by atoms with Crippen molar-refractivity contribution < 1.29 is 18.7 Å². The zero-order valence-electron chi connectivity index (χ0n) is 18.1. The van der Waals surface area contributed by atoms with E-state index in [0.717, 1.165) is 61.7 Å². The number of imide groups is 1. The number of aryl methyl sites for hydroxylation is 2. The zero-order valence-corrected chi connectivity index (χ0v) is 18.9. The van der Waals surface area contributed by atoms with Gasteiger partial charge in [-0.15, -0.1) is 11.8 Å². The summed E-state index contributed by atoms with van der Waals surface area (Å²) in [5.74, 6) is 0.903. The number of carbonyl (C=O) groups excluding carboxylic acids is 2. The molecule has 7 heteroatoms. The van der Waals surface area contributed by atoms with Crippen LogP contribution < -0.4 is 0 Å². The van der Waals surface area contributed by atoms with E-state index in [1.54, 1.807) is 6.26 Å². The van der Waals surface area contributed by atoms with Gasteiger partial charge in [-0.05, 0) is 43.5 Å². The lowest BCUT2D eigenvalue weighted by Gasteiger charge is -2.27. The van der Waals surface area contributed by atoms with Crippen LogP contribution in [0.1, 0.15) is 28.9 Å². The monoisotopic (exact) mass is 440 g/mol. The molecule has 0 saturated carbocycles. The fourth-order valence-corrected chi connectivity index (χ4v) is 5.06. The first-order chi connectivity index (χ1) is 15.0. The Balaban J connectivity index is 1.53. The molecule has 0 N–H and O–H groups in total. The van der Waals surface area contributed by atoms with Gasteiger partial charge in [0.05, 0.1) is 35.7 Å². The van der Waals surface area contributed by atoms with Gasteiger partial charge in [0.1, 0.15) is 5.76 Å². The lowest BCUT2D eigenvalue weighted by Crippen LogP contribution is -2.39. The molecule has 4 rings (SSSR count). The predicted octanol–water partition coefficient (Wildman–Crippen LogP) is 3.63. The summed E-state index contributed by atoms with van der Waals surface area (Å²) in [5, 5.41) is 0. The fourth-order valence-electron chi connectivity index (χ4n) is 4.04. The molecule has 1 aromatic carbocycles. The van der Waals surface area contributed by atoms with Gasteiger partial charge in [0, 0.05) is 26.2 Å². The second kappa shape index (κ2) is 9.85. The number of amides is 2. The molecule has 0 radical (unpaired) electrons. The third kappa shape index (κ3) is 4.95. The van der Waals surface area contributed by atoms with E-state index in [2.05, 4.69) is 11.0 Å². The largest absolute Gasteiger partial charge is 0.468 e. The summed E-state index contributed by atoms with van der Waals surface area (Å²) in [4.78, 5) is 30.9. The molecule has 0 spiro atoms. The number of hydrogen-bond donors (Lipinski definition) is 0. The lowest BCUT2D eigenvalue weighted by molar-refractivity contribution is -0.136. The van der Waals surface area contributed by atoms with Crippen LogP contribution in [-0.2, 0) is 20.1 Å². The number of furan rings is 1. The van der Waals surface area contributed by atoms with Crippen LogP contribution >= 0.6 is 11.8 Å². The maximum Gasteiger partial charge on any atom is 0.267 e. The molecule has 2 amide bonds. The Morgan fingerprint density at radius 2 is 1.84 bits per heavy atom. The number of ether oxygens (including phenoxy) is 1. The van der Waals surface area contributed by atoms with Gasteiger partial charge in [0.2, 0.25) is 0 Å². The average molecular weight is 441 g/mol. The summed E-state index contributed by atoms with van der Waals surface area (Å²) in [6, 6.07) is 9.70. The first kappa shape index (κ1) is 21.9. The highest BCUT2D eigenvalue weighted by Gasteiger charge is 2.39. The minimum absolute atomic E-state index is 0.194. The van der Waals surface area contributed by atoms with Crippen molar-refractivity contribution in [3.8, 4) is 0 Å². The van der Waals surface area contributed by atoms with Gasteiger partial charge in [-0.1, -0.05) is 23.8 Å². The third-order valence-electron chi connectivity index (χ3n) is 5.68. The molecule has 0 atom stereocenters. The van der Waals surface area contributed by atoms with Gasteiger partial charge in [0.15, 0.2) is 0 Å². The fraction of sp³-hybridized carbons (Fsp3) is 0.417. The maximum atomic E-state index is 13.4. The van der Waals surface area contributed by atoms with Gasteiger partial charge in [-0.25, -0.2) is 0 Å². The summed E-state index contributed by atoms with van der Waals surface area (Å²) < 4.78 is 10.8. The van der Waals surface area contributed by atoms with Crippen molar-refractivity contribution in [2.75, 3.05) is 39.4 Å². The molecule has 3 heterocycles. The molecule has 0 bridgehead atoms. The predicted molar refractivity (Wildman–Crippen MR) is 121 cm³/mol. The molecule has 2 aromatic rings. The number of rotatable bonds is 8. The number of morpholine rings is 1. The summed E-state index contributed by atoms with van der Waals surface area (Å²) in [6.45, 7) is 8.58. The first-order valence-corrected chi connectivity index (χ1v) is 11.7. The number of benzene rings is 1. The van der Waals surface area contributed by atoms with E-state index in [4.69, 9.17) is 9.15 Å². The van der Waals surface area contributed by atoms with Crippen LogP contribution in [0, 0.1) is 13.8 Å². The Morgan fingerprint density at radius 1 is 1.03 bits per heavy atom. The topological polar surface area (TPSA) is 63.0 Å². The van der Waals surface area contributed by atoms with Crippen molar-refractivity contribution in [3.63, 3.8) is 0 Å². The smallest absolute Gasteiger partial charge is 0.267 e. The number of carbonyl (C=O) groups is 2. The molecule has 2 aliphatic heterocycles. The summed E-state index contributed by atoms with van der Waals surface area (Å²) >= 11 is 1.38. The van der Waals surface area contributed by atoms with Crippen LogP contribution in [0.5, 0.6) is 0 Å². The molecule has 0 unspecified atom stereocenters. The molecule has 0 aliphatic carbocycles. The van der Waals surface area contributed by atoms with Crippen molar-refractivity contribution in [2.45, 2.75) is 26.0 Å². The van der Waals surface area contributed by atoms with Crippen molar-refractivity contribution in [2.24, 2.45) is 0 Å². The van der Waals surface area contributed by atoms with Crippen molar-refractivity contribution >= 4 is 29.1 Å². The van der Waals surface area contributed by atoms with E-state index >= 15 is 0 Å². The standard InChI is InChI=1S/C24H28N2O4S/c1-17-6-7-20(18(2)15-17)21-22(31-16-19-5-3-12-30-19)24(28)26(23(21)27)9-4-8-25-10-13-29-14-11-25/h3,5-7,12,15H,4,8-11,13-14,16H2,1-2H3. The van der Waals surface area contributed by atoms with E-state index in [-0.39, 0.29) is 11.8 Å². The van der Waals surface area contributed by atoms with Gasteiger partial charge >= 0.3 is 0 Å². The number of hydrogen-bond acceptors (Lipinski definition) is 6. The minimum atomic E-state index is -0.196. The van der Waals surface area contributed by atoms with Gasteiger partial charge < -0.3 is 9.15 Å². The number of thioether (sulfide) groups is 1. The Bertz CT molecular complexity index is 977. The third-order valence-corrected chi connectivity index (χ3v) is 6.77. The second-order valence-electron chi connectivity index (χ2n) is 7.96. The first-order valence-electron chi connectivity index (χ1n) is 10.7. The Kier molecular flexibility index (Phi) is 6.95. The Morgan fingerprint density at radius 3 is 2.55 bits per heavy atom. The Labute approximate surface area is 187 Å². The molecule has 164 valence electrons. The minimum Gasteiger partial charge on any atom is -0.468 e. The van der Waals surface area contributed by atoms with Crippen LogP contribution in [0.4, 0.5) is 0 Å². The molecule has 1 aromatic heterocycles. The number of nitrogens with zero attached hydrogens (tertiary/aromatic N) is 2. The van der Waals surface area contributed by atoms with Crippen molar-refractivity contribution in [1.82, 2.24) is 9.80 Å². The SMILES string of the molecule is Cc1ccc(C2=C(SCc3ccco3)C(=O)N(CCCN3CCOCC3)C2=O)c(C)c1. The maximum absolute atomic E-state index is 13.4. The van der Waals surface area contributed by atoms with Gasteiger partial charge in [-0.2, -0.15) is 0 Å².